The molecule has 0 saturated heterocycles. The molecule has 0 fully saturated rings. The Balaban J connectivity index is 1.84. The van der Waals surface area contributed by atoms with Crippen LogP contribution in [0, 0.1) is 0 Å². The number of H-pyrrole nitrogens is 1. The van der Waals surface area contributed by atoms with Crippen LogP contribution in [0.5, 0.6) is 5.75 Å². The van der Waals surface area contributed by atoms with Crippen LogP contribution in [0.3, 0.4) is 0 Å². The molecule has 1 aromatic carbocycles. The highest BCUT2D eigenvalue weighted by molar-refractivity contribution is 5.75. The molecule has 22 heavy (non-hydrogen) atoms. The van der Waals surface area contributed by atoms with Crippen molar-refractivity contribution in [1.29, 1.82) is 0 Å². The molecule has 0 spiro atoms. The molecule has 0 saturated carbocycles. The lowest BCUT2D eigenvalue weighted by Gasteiger charge is -2.27. The van der Waals surface area contributed by atoms with Crippen molar-refractivity contribution in [3.8, 4) is 17.0 Å². The summed E-state index contributed by atoms with van der Waals surface area (Å²) in [4.78, 5) is 14.5. The van der Waals surface area contributed by atoms with Gasteiger partial charge in [0.2, 0.25) is 0 Å². The third kappa shape index (κ3) is 2.14. The number of fused-ring (bicyclic) bond motifs is 2. The number of aromatic amines is 1. The molecule has 3 aromatic rings. The van der Waals surface area contributed by atoms with Gasteiger partial charge in [-0.15, -0.1) is 0 Å². The molecular formula is C17H18N4O. The smallest absolute Gasteiger partial charge is 0.156 e. The summed E-state index contributed by atoms with van der Waals surface area (Å²) in [7, 11) is 3.87. The molecule has 0 amide bonds. The predicted octanol–water partition coefficient (Wildman–Crippen LogP) is 2.62. The Bertz CT molecular complexity index is 823. The molecule has 0 radical (unpaired) electrons. The van der Waals surface area contributed by atoms with Crippen LogP contribution in [-0.4, -0.2) is 40.6 Å². The average Bonchev–Trinajstić information content (AvgIpc) is 3.01. The molecule has 1 aliphatic heterocycles. The number of methoxy groups -OCH3 is 1. The summed E-state index contributed by atoms with van der Waals surface area (Å²) in [6.45, 7) is 2.00. The van der Waals surface area contributed by atoms with Gasteiger partial charge in [-0.25, -0.2) is 9.97 Å². The van der Waals surface area contributed by atoms with Crippen molar-refractivity contribution < 1.29 is 4.74 Å². The highest BCUT2D eigenvalue weighted by Crippen LogP contribution is 2.33. The maximum absolute atomic E-state index is 5.61. The van der Waals surface area contributed by atoms with Crippen molar-refractivity contribution in [2.75, 3.05) is 20.7 Å². The number of rotatable bonds is 2. The van der Waals surface area contributed by atoms with E-state index in [4.69, 9.17) is 4.74 Å². The molecule has 1 N–H and O–H groups in total. The van der Waals surface area contributed by atoms with Gasteiger partial charge in [-0.1, -0.05) is 0 Å². The van der Waals surface area contributed by atoms with Gasteiger partial charge in [-0.05, 0) is 37.2 Å². The summed E-state index contributed by atoms with van der Waals surface area (Å²) in [5.74, 6) is 0.940. The van der Waals surface area contributed by atoms with E-state index < -0.39 is 0 Å². The highest BCUT2D eigenvalue weighted by Gasteiger charge is 2.19. The van der Waals surface area contributed by atoms with Gasteiger partial charge in [0.15, 0.2) is 5.65 Å². The normalized spacial score (nSPS) is 15.0. The van der Waals surface area contributed by atoms with Crippen LogP contribution >= 0.6 is 0 Å². The third-order valence-electron chi connectivity index (χ3n) is 4.27. The molecule has 5 heteroatoms. The maximum Gasteiger partial charge on any atom is 0.156 e. The van der Waals surface area contributed by atoms with E-state index in [1.807, 2.05) is 18.5 Å². The third-order valence-corrected chi connectivity index (χ3v) is 4.27. The van der Waals surface area contributed by atoms with E-state index in [1.165, 1.54) is 11.1 Å². The first-order valence-corrected chi connectivity index (χ1v) is 7.43. The lowest BCUT2D eigenvalue weighted by atomic mass is 9.95. The fourth-order valence-electron chi connectivity index (χ4n) is 3.07. The lowest BCUT2D eigenvalue weighted by Crippen LogP contribution is -2.27. The first-order valence-electron chi connectivity index (χ1n) is 7.43. The molecule has 0 unspecified atom stereocenters. The zero-order valence-electron chi connectivity index (χ0n) is 12.8. The summed E-state index contributed by atoms with van der Waals surface area (Å²) in [6.07, 6.45) is 4.71. The van der Waals surface area contributed by atoms with Crippen LogP contribution in [0.25, 0.3) is 22.4 Å². The first-order chi connectivity index (χ1) is 10.7. The van der Waals surface area contributed by atoms with Crippen molar-refractivity contribution in [1.82, 2.24) is 19.9 Å². The molecule has 4 rings (SSSR count). The number of likely N-dealkylation sites (N-methyl/N-ethyl adjacent to an activating group) is 1. The van der Waals surface area contributed by atoms with Crippen LogP contribution in [0.1, 0.15) is 11.1 Å². The van der Waals surface area contributed by atoms with Gasteiger partial charge in [-0.2, -0.15) is 0 Å². The van der Waals surface area contributed by atoms with Gasteiger partial charge >= 0.3 is 0 Å². The van der Waals surface area contributed by atoms with E-state index in [9.17, 15) is 0 Å². The van der Waals surface area contributed by atoms with Gasteiger partial charge < -0.3 is 14.6 Å². The van der Waals surface area contributed by atoms with E-state index in [1.54, 1.807) is 7.11 Å². The fourth-order valence-corrected chi connectivity index (χ4v) is 3.07. The van der Waals surface area contributed by atoms with E-state index in [2.05, 4.69) is 39.0 Å². The van der Waals surface area contributed by atoms with Crippen LogP contribution in [0.4, 0.5) is 0 Å². The molecule has 2 aromatic heterocycles. The quantitative estimate of drug-likeness (QED) is 0.789. The van der Waals surface area contributed by atoms with Crippen LogP contribution < -0.4 is 4.74 Å². The molecule has 3 heterocycles. The van der Waals surface area contributed by atoms with Crippen LogP contribution in [-0.2, 0) is 13.0 Å². The van der Waals surface area contributed by atoms with Crippen molar-refractivity contribution in [2.24, 2.45) is 0 Å². The summed E-state index contributed by atoms with van der Waals surface area (Å²) in [6, 6.07) is 6.24. The van der Waals surface area contributed by atoms with Crippen molar-refractivity contribution in [3.63, 3.8) is 0 Å². The summed E-state index contributed by atoms with van der Waals surface area (Å²) in [5.41, 5.74) is 6.28. The number of aromatic nitrogens is 3. The first kappa shape index (κ1) is 13.3. The molecule has 112 valence electrons. The Morgan fingerprint density at radius 1 is 1.32 bits per heavy atom. The number of nitrogens with zero attached hydrogens (tertiary/aromatic N) is 3. The van der Waals surface area contributed by atoms with Crippen LogP contribution in [0.15, 0.2) is 30.6 Å². The van der Waals surface area contributed by atoms with Crippen molar-refractivity contribution in [3.05, 3.63) is 41.7 Å². The standard InChI is InChI=1S/C17H18N4O/c1-21-6-4-11-7-12(8-16(22-2)13(11)10-21)15-9-19-17-14(20-15)3-5-18-17/h3,5,7-9H,4,6,10H2,1-2H3,(H,18,19). The van der Waals surface area contributed by atoms with E-state index in [0.717, 1.165) is 47.7 Å². The minimum Gasteiger partial charge on any atom is -0.496 e. The monoisotopic (exact) mass is 294 g/mol. The number of ether oxygens (including phenoxy) is 1. The van der Waals surface area contributed by atoms with Gasteiger partial charge in [0.05, 0.1) is 19.0 Å². The zero-order valence-corrected chi connectivity index (χ0v) is 12.8. The van der Waals surface area contributed by atoms with Gasteiger partial charge in [-0.3, -0.25) is 0 Å². The Kier molecular flexibility index (Phi) is 3.08. The molecule has 0 atom stereocenters. The zero-order chi connectivity index (χ0) is 15.1. The van der Waals surface area contributed by atoms with Gasteiger partial charge in [0.25, 0.3) is 0 Å². The molecule has 5 nitrogen and oxygen atoms in total. The lowest BCUT2D eigenvalue weighted by molar-refractivity contribution is 0.302. The average molecular weight is 294 g/mol. The Morgan fingerprint density at radius 2 is 2.23 bits per heavy atom. The summed E-state index contributed by atoms with van der Waals surface area (Å²) >= 11 is 0. The predicted molar refractivity (Wildman–Crippen MR) is 85.9 cm³/mol. The summed E-state index contributed by atoms with van der Waals surface area (Å²) < 4.78 is 5.61. The summed E-state index contributed by atoms with van der Waals surface area (Å²) in [5, 5.41) is 0. The second kappa shape index (κ2) is 5.10. The van der Waals surface area contributed by atoms with Crippen molar-refractivity contribution in [2.45, 2.75) is 13.0 Å². The Hall–Kier alpha value is -2.40. The minimum absolute atomic E-state index is 0.815. The molecule has 0 aliphatic carbocycles. The van der Waals surface area contributed by atoms with E-state index in [0.29, 0.717) is 0 Å². The topological polar surface area (TPSA) is 54.0 Å². The second-order valence-electron chi connectivity index (χ2n) is 5.77. The van der Waals surface area contributed by atoms with E-state index >= 15 is 0 Å². The number of hydrogen-bond donors (Lipinski definition) is 1. The maximum atomic E-state index is 5.61. The van der Waals surface area contributed by atoms with Gasteiger partial charge in [0, 0.05) is 30.4 Å². The minimum atomic E-state index is 0.815. The SMILES string of the molecule is COc1cc(-c2cnc3[nH]ccc3n2)cc2c1CN(C)CC2. The molecular weight excluding hydrogens is 276 g/mol. The van der Waals surface area contributed by atoms with Crippen molar-refractivity contribution >= 4 is 11.2 Å². The van der Waals surface area contributed by atoms with E-state index in [-0.39, 0.29) is 0 Å². The van der Waals surface area contributed by atoms with Gasteiger partial charge in [0.1, 0.15) is 11.3 Å². The highest BCUT2D eigenvalue weighted by atomic mass is 16.5. The number of nitrogens with one attached hydrogen (secondary N) is 1. The second-order valence-corrected chi connectivity index (χ2v) is 5.77. The van der Waals surface area contributed by atoms with Crippen LogP contribution in [0.2, 0.25) is 0 Å². The number of benzene rings is 1. The molecule has 1 aliphatic rings. The Labute approximate surface area is 129 Å². The fraction of sp³-hybridized carbons (Fsp3) is 0.294. The Morgan fingerprint density at radius 3 is 3.09 bits per heavy atom. The number of hydrogen-bond acceptors (Lipinski definition) is 4. The largest absolute Gasteiger partial charge is 0.496 e. The molecule has 0 bridgehead atoms.